The van der Waals surface area contributed by atoms with E-state index in [0.29, 0.717) is 6.04 Å². The number of hydrogen-bond acceptors (Lipinski definition) is 2. The normalized spacial score (nSPS) is 16.8. The summed E-state index contributed by atoms with van der Waals surface area (Å²) >= 11 is 0. The summed E-state index contributed by atoms with van der Waals surface area (Å²) in [7, 11) is 0. The third-order valence-corrected chi connectivity index (χ3v) is 3.35. The SMILES string of the molecule is C=C.CCN1C=CC(C)=CC1=CNC(C)c1ccccc1. The molecule has 2 heteroatoms. The summed E-state index contributed by atoms with van der Waals surface area (Å²) in [5, 5.41) is 3.47. The molecule has 0 aromatic heterocycles. The fraction of sp³-hybridized carbons (Fsp3) is 0.263. The summed E-state index contributed by atoms with van der Waals surface area (Å²) in [5.41, 5.74) is 3.80. The lowest BCUT2D eigenvalue weighted by Crippen LogP contribution is -2.21. The van der Waals surface area contributed by atoms with Gasteiger partial charge in [0.15, 0.2) is 0 Å². The fourth-order valence-electron chi connectivity index (χ4n) is 2.12. The lowest BCUT2D eigenvalue weighted by Gasteiger charge is -2.24. The average Bonchev–Trinajstić information content (AvgIpc) is 2.55. The van der Waals surface area contributed by atoms with Gasteiger partial charge >= 0.3 is 0 Å². The molecule has 1 atom stereocenters. The van der Waals surface area contributed by atoms with E-state index in [1.807, 2.05) is 6.07 Å². The maximum Gasteiger partial charge on any atom is 0.0568 e. The maximum atomic E-state index is 3.47. The van der Waals surface area contributed by atoms with Gasteiger partial charge in [-0.25, -0.2) is 0 Å². The van der Waals surface area contributed by atoms with Crippen LogP contribution in [0.15, 0.2) is 79.3 Å². The zero-order valence-electron chi connectivity index (χ0n) is 13.3. The Morgan fingerprint density at radius 1 is 1.24 bits per heavy atom. The van der Waals surface area contributed by atoms with Crippen LogP contribution in [0, 0.1) is 0 Å². The molecule has 1 heterocycles. The minimum Gasteiger partial charge on any atom is -0.383 e. The van der Waals surface area contributed by atoms with Crippen molar-refractivity contribution in [3.05, 3.63) is 84.9 Å². The first-order valence-corrected chi connectivity index (χ1v) is 7.35. The van der Waals surface area contributed by atoms with Crippen LogP contribution in [0.1, 0.15) is 32.4 Å². The standard InChI is InChI=1S/C17H22N2.C2H4/c1-4-19-11-10-14(2)12-17(19)13-18-15(3)16-8-6-5-7-9-16;1-2/h5-13,15,18H,4H2,1-3H3;1-2H2. The largest absolute Gasteiger partial charge is 0.383 e. The second kappa shape index (κ2) is 8.85. The molecule has 0 saturated heterocycles. The van der Waals surface area contributed by atoms with E-state index in [-0.39, 0.29) is 0 Å². The molecular formula is C19H26N2. The first-order valence-electron chi connectivity index (χ1n) is 7.35. The molecule has 1 aliphatic heterocycles. The number of likely N-dealkylation sites (N-methyl/N-ethyl adjacent to an activating group) is 1. The van der Waals surface area contributed by atoms with Gasteiger partial charge in [-0.1, -0.05) is 30.3 Å². The molecule has 0 amide bonds. The molecule has 1 aromatic rings. The van der Waals surface area contributed by atoms with Crippen molar-refractivity contribution in [1.29, 1.82) is 0 Å². The van der Waals surface area contributed by atoms with Crippen LogP contribution in [0.4, 0.5) is 0 Å². The molecular weight excluding hydrogens is 256 g/mol. The second-order valence-electron chi connectivity index (χ2n) is 4.86. The summed E-state index contributed by atoms with van der Waals surface area (Å²) in [6, 6.07) is 10.8. The van der Waals surface area contributed by atoms with E-state index in [2.05, 4.69) is 93.0 Å². The molecule has 0 spiro atoms. The lowest BCUT2D eigenvalue weighted by atomic mass is 10.1. The zero-order valence-corrected chi connectivity index (χ0v) is 13.3. The number of hydrogen-bond donors (Lipinski definition) is 1. The van der Waals surface area contributed by atoms with Crippen molar-refractivity contribution in [2.75, 3.05) is 6.54 Å². The smallest absolute Gasteiger partial charge is 0.0568 e. The molecule has 0 saturated carbocycles. The van der Waals surface area contributed by atoms with Gasteiger partial charge in [0, 0.05) is 25.0 Å². The molecule has 1 aliphatic rings. The Labute approximate surface area is 129 Å². The van der Waals surface area contributed by atoms with Gasteiger partial charge in [-0.05, 0) is 44.1 Å². The number of nitrogens with zero attached hydrogens (tertiary/aromatic N) is 1. The van der Waals surface area contributed by atoms with Crippen molar-refractivity contribution in [3.63, 3.8) is 0 Å². The van der Waals surface area contributed by atoms with Gasteiger partial charge in [0.1, 0.15) is 0 Å². The van der Waals surface area contributed by atoms with Gasteiger partial charge in [-0.2, -0.15) is 0 Å². The molecule has 0 aliphatic carbocycles. The van der Waals surface area contributed by atoms with E-state index in [0.717, 1.165) is 6.54 Å². The highest BCUT2D eigenvalue weighted by atomic mass is 15.1. The minimum atomic E-state index is 0.312. The molecule has 1 aromatic carbocycles. The van der Waals surface area contributed by atoms with Crippen LogP contribution in [0.5, 0.6) is 0 Å². The summed E-state index contributed by atoms with van der Waals surface area (Å²) < 4.78 is 0. The van der Waals surface area contributed by atoms with Gasteiger partial charge < -0.3 is 10.2 Å². The third-order valence-electron chi connectivity index (χ3n) is 3.35. The van der Waals surface area contributed by atoms with Crippen LogP contribution in [0.25, 0.3) is 0 Å². The first kappa shape index (κ1) is 16.8. The van der Waals surface area contributed by atoms with Crippen molar-refractivity contribution in [3.8, 4) is 0 Å². The van der Waals surface area contributed by atoms with E-state index in [9.17, 15) is 0 Å². The maximum absolute atomic E-state index is 3.47. The van der Waals surface area contributed by atoms with Crippen LogP contribution in [0.2, 0.25) is 0 Å². The molecule has 0 bridgehead atoms. The molecule has 2 nitrogen and oxygen atoms in total. The van der Waals surface area contributed by atoms with E-state index in [4.69, 9.17) is 0 Å². The summed E-state index contributed by atoms with van der Waals surface area (Å²) in [5.74, 6) is 0. The molecule has 2 rings (SSSR count). The number of nitrogens with one attached hydrogen (secondary N) is 1. The van der Waals surface area contributed by atoms with Crippen molar-refractivity contribution in [2.45, 2.75) is 26.8 Å². The Balaban J connectivity index is 0.00000106. The van der Waals surface area contributed by atoms with E-state index < -0.39 is 0 Å². The van der Waals surface area contributed by atoms with Gasteiger partial charge in [-0.3, -0.25) is 0 Å². The van der Waals surface area contributed by atoms with Crippen LogP contribution in [-0.4, -0.2) is 11.4 Å². The Bertz CT molecular complexity index is 512. The van der Waals surface area contributed by atoms with Gasteiger partial charge in [0.2, 0.25) is 0 Å². The highest BCUT2D eigenvalue weighted by molar-refractivity contribution is 5.33. The number of allylic oxidation sites excluding steroid dienone is 3. The van der Waals surface area contributed by atoms with E-state index in [1.54, 1.807) is 0 Å². The zero-order chi connectivity index (χ0) is 15.7. The molecule has 21 heavy (non-hydrogen) atoms. The van der Waals surface area contributed by atoms with Crippen LogP contribution < -0.4 is 5.32 Å². The first-order chi connectivity index (χ1) is 10.2. The molecule has 1 N–H and O–H groups in total. The van der Waals surface area contributed by atoms with Crippen LogP contribution >= 0.6 is 0 Å². The summed E-state index contributed by atoms with van der Waals surface area (Å²) in [6.45, 7) is 13.4. The molecule has 0 fully saturated rings. The van der Waals surface area contributed by atoms with Crippen LogP contribution in [0.3, 0.4) is 0 Å². The highest BCUT2D eigenvalue weighted by Gasteiger charge is 2.08. The predicted molar refractivity (Wildman–Crippen MR) is 92.6 cm³/mol. The van der Waals surface area contributed by atoms with Crippen molar-refractivity contribution in [2.24, 2.45) is 0 Å². The van der Waals surface area contributed by atoms with E-state index in [1.165, 1.54) is 16.8 Å². The fourth-order valence-corrected chi connectivity index (χ4v) is 2.12. The van der Waals surface area contributed by atoms with Crippen molar-refractivity contribution < 1.29 is 0 Å². The van der Waals surface area contributed by atoms with Gasteiger partial charge in [0.05, 0.1) is 5.70 Å². The summed E-state index contributed by atoms with van der Waals surface area (Å²) in [4.78, 5) is 2.23. The number of rotatable bonds is 4. The van der Waals surface area contributed by atoms with Crippen molar-refractivity contribution >= 4 is 0 Å². The topological polar surface area (TPSA) is 15.3 Å². The molecule has 1 unspecified atom stereocenters. The van der Waals surface area contributed by atoms with Crippen LogP contribution in [-0.2, 0) is 0 Å². The van der Waals surface area contributed by atoms with Gasteiger partial charge in [-0.15, -0.1) is 13.2 Å². The lowest BCUT2D eigenvalue weighted by molar-refractivity contribution is 0.493. The highest BCUT2D eigenvalue weighted by Crippen LogP contribution is 2.17. The molecule has 112 valence electrons. The number of benzene rings is 1. The Morgan fingerprint density at radius 2 is 1.90 bits per heavy atom. The monoisotopic (exact) mass is 282 g/mol. The molecule has 0 radical (unpaired) electrons. The predicted octanol–water partition coefficient (Wildman–Crippen LogP) is 4.78. The average molecular weight is 282 g/mol. The summed E-state index contributed by atoms with van der Waals surface area (Å²) in [6.07, 6.45) is 8.58. The Morgan fingerprint density at radius 3 is 2.52 bits per heavy atom. The Kier molecular flexibility index (Phi) is 7.10. The van der Waals surface area contributed by atoms with Gasteiger partial charge in [0.25, 0.3) is 0 Å². The van der Waals surface area contributed by atoms with E-state index >= 15 is 0 Å². The third kappa shape index (κ3) is 4.99. The second-order valence-corrected chi connectivity index (χ2v) is 4.86. The Hall–Kier alpha value is -2.22. The minimum absolute atomic E-state index is 0.312. The quantitative estimate of drug-likeness (QED) is 0.800. The van der Waals surface area contributed by atoms with Crippen molar-refractivity contribution in [1.82, 2.24) is 10.2 Å².